The van der Waals surface area contributed by atoms with Crippen LogP contribution >= 0.6 is 0 Å². The van der Waals surface area contributed by atoms with Crippen molar-refractivity contribution in [3.8, 4) is 0 Å². The van der Waals surface area contributed by atoms with E-state index in [1.165, 1.54) is 6.08 Å². The molecule has 1 heterocycles. The number of likely N-dealkylation sites (N-methyl/N-ethyl adjacent to an activating group) is 1. The monoisotopic (exact) mass is 165 g/mol. The van der Waals surface area contributed by atoms with E-state index in [1.807, 2.05) is 6.92 Å². The van der Waals surface area contributed by atoms with E-state index in [1.54, 1.807) is 24.5 Å². The molecule has 0 spiro atoms. The van der Waals surface area contributed by atoms with Crippen molar-refractivity contribution in [1.82, 2.24) is 5.32 Å². The molecule has 1 amide bonds. The molecule has 0 atom stereocenters. The van der Waals surface area contributed by atoms with Crippen molar-refractivity contribution >= 4 is 12.0 Å². The third-order valence-electron chi connectivity index (χ3n) is 1.29. The summed E-state index contributed by atoms with van der Waals surface area (Å²) in [6.45, 7) is 2.51. The lowest BCUT2D eigenvalue weighted by atomic mass is 10.4. The first-order valence-electron chi connectivity index (χ1n) is 3.82. The van der Waals surface area contributed by atoms with Crippen molar-refractivity contribution in [1.29, 1.82) is 0 Å². The molecule has 3 nitrogen and oxygen atoms in total. The molecule has 0 unspecified atom stereocenters. The second kappa shape index (κ2) is 4.38. The second-order valence-corrected chi connectivity index (χ2v) is 2.24. The summed E-state index contributed by atoms with van der Waals surface area (Å²) >= 11 is 0. The highest BCUT2D eigenvalue weighted by Gasteiger charge is 1.92. The van der Waals surface area contributed by atoms with Crippen LogP contribution in [0.1, 0.15) is 12.7 Å². The zero-order valence-corrected chi connectivity index (χ0v) is 6.91. The Morgan fingerprint density at radius 3 is 3.17 bits per heavy atom. The summed E-state index contributed by atoms with van der Waals surface area (Å²) in [6.07, 6.45) is 4.64. The molecule has 0 aromatic carbocycles. The van der Waals surface area contributed by atoms with Gasteiger partial charge in [-0.15, -0.1) is 0 Å². The molecule has 0 saturated carbocycles. The largest absolute Gasteiger partial charge is 0.465 e. The molecule has 1 N–H and O–H groups in total. The zero-order valence-electron chi connectivity index (χ0n) is 6.91. The zero-order chi connectivity index (χ0) is 8.81. The van der Waals surface area contributed by atoms with Crippen LogP contribution in [-0.2, 0) is 4.79 Å². The van der Waals surface area contributed by atoms with Crippen LogP contribution in [0.25, 0.3) is 6.08 Å². The number of rotatable bonds is 3. The van der Waals surface area contributed by atoms with Crippen molar-refractivity contribution in [2.24, 2.45) is 0 Å². The van der Waals surface area contributed by atoms with Crippen LogP contribution in [0.5, 0.6) is 0 Å². The van der Waals surface area contributed by atoms with Gasteiger partial charge in [0.25, 0.3) is 0 Å². The van der Waals surface area contributed by atoms with Crippen molar-refractivity contribution in [3.05, 3.63) is 30.2 Å². The molecule has 0 radical (unpaired) electrons. The van der Waals surface area contributed by atoms with Crippen LogP contribution in [0.3, 0.4) is 0 Å². The maximum atomic E-state index is 10.9. The molecule has 3 heteroatoms. The molecule has 64 valence electrons. The number of hydrogen-bond acceptors (Lipinski definition) is 2. The average Bonchev–Trinajstić information content (AvgIpc) is 2.53. The summed E-state index contributed by atoms with van der Waals surface area (Å²) in [5, 5.41) is 2.64. The Hall–Kier alpha value is -1.51. The Balaban J connectivity index is 2.45. The van der Waals surface area contributed by atoms with Crippen LogP contribution in [0, 0.1) is 0 Å². The minimum absolute atomic E-state index is 0.103. The van der Waals surface area contributed by atoms with Crippen LogP contribution < -0.4 is 5.32 Å². The summed E-state index contributed by atoms with van der Waals surface area (Å²) < 4.78 is 5.00. The first-order valence-corrected chi connectivity index (χ1v) is 3.82. The first kappa shape index (κ1) is 8.59. The Kier molecular flexibility index (Phi) is 3.14. The van der Waals surface area contributed by atoms with Crippen molar-refractivity contribution in [2.45, 2.75) is 6.92 Å². The maximum absolute atomic E-state index is 10.9. The SMILES string of the molecule is CCNC(=O)/C=C/c1ccco1. The van der Waals surface area contributed by atoms with Gasteiger partial charge in [-0.2, -0.15) is 0 Å². The lowest BCUT2D eigenvalue weighted by Crippen LogP contribution is -2.19. The number of amides is 1. The topological polar surface area (TPSA) is 42.2 Å². The van der Waals surface area contributed by atoms with Crippen LogP contribution in [0.15, 0.2) is 28.9 Å². The number of furan rings is 1. The summed E-state index contributed by atoms with van der Waals surface area (Å²) in [6, 6.07) is 3.56. The minimum atomic E-state index is -0.103. The maximum Gasteiger partial charge on any atom is 0.244 e. The molecular weight excluding hydrogens is 154 g/mol. The number of carbonyl (C=O) groups is 1. The summed E-state index contributed by atoms with van der Waals surface area (Å²) in [4.78, 5) is 10.9. The van der Waals surface area contributed by atoms with Crippen molar-refractivity contribution < 1.29 is 9.21 Å². The Morgan fingerprint density at radius 1 is 1.75 bits per heavy atom. The van der Waals surface area contributed by atoms with Crippen LogP contribution in [0.4, 0.5) is 0 Å². The Bertz CT molecular complexity index is 262. The second-order valence-electron chi connectivity index (χ2n) is 2.24. The van der Waals surface area contributed by atoms with Gasteiger partial charge in [0.2, 0.25) is 5.91 Å². The molecule has 0 fully saturated rings. The van der Waals surface area contributed by atoms with Gasteiger partial charge in [-0.25, -0.2) is 0 Å². The van der Waals surface area contributed by atoms with E-state index in [4.69, 9.17) is 4.42 Å². The van der Waals surface area contributed by atoms with Gasteiger partial charge in [0.05, 0.1) is 6.26 Å². The number of hydrogen-bond donors (Lipinski definition) is 1. The highest BCUT2D eigenvalue weighted by Crippen LogP contribution is 2.01. The molecule has 1 rings (SSSR count). The van der Waals surface area contributed by atoms with Gasteiger partial charge in [-0.3, -0.25) is 4.79 Å². The highest BCUT2D eigenvalue weighted by molar-refractivity contribution is 5.91. The number of nitrogens with one attached hydrogen (secondary N) is 1. The molecule has 1 aromatic heterocycles. The molecule has 0 saturated heterocycles. The quantitative estimate of drug-likeness (QED) is 0.688. The van der Waals surface area contributed by atoms with E-state index in [-0.39, 0.29) is 5.91 Å². The summed E-state index contributed by atoms with van der Waals surface area (Å²) in [7, 11) is 0. The normalized spacial score (nSPS) is 10.4. The van der Waals surface area contributed by atoms with Gasteiger partial charge in [0.1, 0.15) is 5.76 Å². The Morgan fingerprint density at radius 2 is 2.58 bits per heavy atom. The molecule has 0 aliphatic carbocycles. The van der Waals surface area contributed by atoms with Gasteiger partial charge in [0, 0.05) is 12.6 Å². The fourth-order valence-corrected chi connectivity index (χ4v) is 0.777. The predicted molar refractivity (Wildman–Crippen MR) is 46.4 cm³/mol. The van der Waals surface area contributed by atoms with Gasteiger partial charge in [-0.1, -0.05) is 0 Å². The van der Waals surface area contributed by atoms with Gasteiger partial charge >= 0.3 is 0 Å². The lowest BCUT2D eigenvalue weighted by molar-refractivity contribution is -0.116. The van der Waals surface area contributed by atoms with Crippen LogP contribution in [-0.4, -0.2) is 12.5 Å². The molecule has 12 heavy (non-hydrogen) atoms. The summed E-state index contributed by atoms with van der Waals surface area (Å²) in [5.74, 6) is 0.579. The van der Waals surface area contributed by atoms with Crippen molar-refractivity contribution in [3.63, 3.8) is 0 Å². The fraction of sp³-hybridized carbons (Fsp3) is 0.222. The van der Waals surface area contributed by atoms with Crippen LogP contribution in [0.2, 0.25) is 0 Å². The van der Waals surface area contributed by atoms with Gasteiger partial charge in [-0.05, 0) is 25.1 Å². The van der Waals surface area contributed by atoms with Gasteiger partial charge < -0.3 is 9.73 Å². The van der Waals surface area contributed by atoms with Crippen molar-refractivity contribution in [2.75, 3.05) is 6.54 Å². The van der Waals surface area contributed by atoms with E-state index < -0.39 is 0 Å². The minimum Gasteiger partial charge on any atom is -0.465 e. The molecule has 0 aliphatic heterocycles. The number of carbonyl (C=O) groups excluding carboxylic acids is 1. The summed E-state index contributed by atoms with van der Waals surface area (Å²) in [5.41, 5.74) is 0. The van der Waals surface area contributed by atoms with E-state index in [0.717, 1.165) is 0 Å². The standard InChI is InChI=1S/C9H11NO2/c1-2-10-9(11)6-5-8-4-3-7-12-8/h3-7H,2H2,1H3,(H,10,11)/b6-5+. The van der Waals surface area contributed by atoms with E-state index in [9.17, 15) is 4.79 Å². The average molecular weight is 165 g/mol. The molecule has 0 bridgehead atoms. The van der Waals surface area contributed by atoms with E-state index >= 15 is 0 Å². The smallest absolute Gasteiger partial charge is 0.244 e. The molecule has 0 aliphatic rings. The third-order valence-corrected chi connectivity index (χ3v) is 1.29. The van der Waals surface area contributed by atoms with E-state index in [2.05, 4.69) is 5.32 Å². The predicted octanol–water partition coefficient (Wildman–Crippen LogP) is 1.43. The third kappa shape index (κ3) is 2.62. The Labute approximate surface area is 71.1 Å². The molecular formula is C9H11NO2. The lowest BCUT2D eigenvalue weighted by Gasteiger charge is -1.92. The van der Waals surface area contributed by atoms with Gasteiger partial charge in [0.15, 0.2) is 0 Å². The molecule has 1 aromatic rings. The fourth-order valence-electron chi connectivity index (χ4n) is 0.777. The van der Waals surface area contributed by atoms with E-state index in [0.29, 0.717) is 12.3 Å². The highest BCUT2D eigenvalue weighted by atomic mass is 16.3. The first-order chi connectivity index (χ1) is 5.83.